The number of fused-ring (bicyclic) bond motifs is 1. The van der Waals surface area contributed by atoms with Gasteiger partial charge in [-0.3, -0.25) is 18.5 Å². The smallest absolute Gasteiger partial charge is 0.325 e. The van der Waals surface area contributed by atoms with Crippen LogP contribution in [0, 0.1) is 0 Å². The monoisotopic (exact) mass is 434 g/mol. The highest BCUT2D eigenvalue weighted by Gasteiger charge is 2.15. The molecule has 4 aromatic rings. The summed E-state index contributed by atoms with van der Waals surface area (Å²) in [6, 6.07) is 15.2. The molecule has 31 heavy (non-hydrogen) atoms. The van der Waals surface area contributed by atoms with E-state index in [1.807, 2.05) is 41.0 Å². The molecule has 2 aromatic heterocycles. The van der Waals surface area contributed by atoms with Gasteiger partial charge in [0, 0.05) is 31.9 Å². The van der Waals surface area contributed by atoms with Gasteiger partial charge in [0.25, 0.3) is 0 Å². The highest BCUT2D eigenvalue weighted by atomic mass is 32.2. The number of aryl methyl sites for hydroxylation is 2. The molecule has 0 aliphatic rings. The molecule has 0 saturated carbocycles. The van der Waals surface area contributed by atoms with E-state index in [-0.39, 0.29) is 17.3 Å². The van der Waals surface area contributed by atoms with Crippen LogP contribution in [0.1, 0.15) is 0 Å². The lowest BCUT2D eigenvalue weighted by Gasteiger charge is -2.08. The quantitative estimate of drug-likeness (QED) is 0.357. The second-order valence-electron chi connectivity index (χ2n) is 7.01. The largest absolute Gasteiger partial charge is 0.328 e. The Bertz CT molecular complexity index is 1320. The van der Waals surface area contributed by atoms with Crippen LogP contribution in [0.4, 0.5) is 5.69 Å². The third-order valence-corrected chi connectivity index (χ3v) is 5.92. The summed E-state index contributed by atoms with van der Waals surface area (Å²) in [4.78, 5) is 24.6. The average Bonchev–Trinajstić information content (AvgIpc) is 3.28. The molecule has 8 nitrogen and oxygen atoms in total. The standard InChI is InChI=1S/C22H22N6O2S/c1-4-12-28-20(15-8-6-5-7-9-15)24-25-21(28)31-14-19(29)23-16-10-11-17-18(13-16)27(3)22(30)26(17)2/h4-11,13H,1,12,14H2,2-3H3,(H,23,29). The van der Waals surface area contributed by atoms with Gasteiger partial charge < -0.3 is 5.32 Å². The van der Waals surface area contributed by atoms with E-state index in [1.165, 1.54) is 11.8 Å². The third-order valence-electron chi connectivity index (χ3n) is 4.95. The summed E-state index contributed by atoms with van der Waals surface area (Å²) in [5.74, 6) is 0.745. The molecule has 4 rings (SSSR count). The first-order chi connectivity index (χ1) is 15.0. The topological polar surface area (TPSA) is 86.7 Å². The van der Waals surface area contributed by atoms with E-state index in [1.54, 1.807) is 41.4 Å². The number of rotatable bonds is 7. The molecular weight excluding hydrogens is 412 g/mol. The van der Waals surface area contributed by atoms with Crippen LogP contribution in [0.15, 0.2) is 71.1 Å². The molecule has 2 heterocycles. The van der Waals surface area contributed by atoms with Gasteiger partial charge in [0.2, 0.25) is 5.91 Å². The summed E-state index contributed by atoms with van der Waals surface area (Å²) in [6.07, 6.45) is 1.78. The lowest BCUT2D eigenvalue weighted by atomic mass is 10.2. The molecule has 0 fully saturated rings. The number of thioether (sulfide) groups is 1. The van der Waals surface area contributed by atoms with Crippen molar-refractivity contribution in [2.45, 2.75) is 11.7 Å². The Morgan fingerprint density at radius 3 is 2.58 bits per heavy atom. The third kappa shape index (κ3) is 4.04. The number of amides is 1. The van der Waals surface area contributed by atoms with Gasteiger partial charge in [-0.05, 0) is 18.2 Å². The Balaban J connectivity index is 1.48. The van der Waals surface area contributed by atoms with Crippen molar-refractivity contribution < 1.29 is 4.79 Å². The number of nitrogens with zero attached hydrogens (tertiary/aromatic N) is 5. The first kappa shape index (κ1) is 20.7. The van der Waals surface area contributed by atoms with Crippen molar-refractivity contribution in [3.05, 3.63) is 71.7 Å². The van der Waals surface area contributed by atoms with E-state index in [9.17, 15) is 9.59 Å². The van der Waals surface area contributed by atoms with Gasteiger partial charge in [0.1, 0.15) is 0 Å². The number of aromatic nitrogens is 5. The lowest BCUT2D eigenvalue weighted by Crippen LogP contribution is -2.19. The van der Waals surface area contributed by atoms with Gasteiger partial charge in [-0.1, -0.05) is 48.2 Å². The number of benzene rings is 2. The van der Waals surface area contributed by atoms with E-state index in [2.05, 4.69) is 22.1 Å². The zero-order valence-corrected chi connectivity index (χ0v) is 18.1. The Morgan fingerprint density at radius 2 is 1.84 bits per heavy atom. The van der Waals surface area contributed by atoms with Gasteiger partial charge in [-0.2, -0.15) is 0 Å². The van der Waals surface area contributed by atoms with Gasteiger partial charge in [-0.15, -0.1) is 16.8 Å². The van der Waals surface area contributed by atoms with Crippen LogP contribution >= 0.6 is 11.8 Å². The van der Waals surface area contributed by atoms with E-state index in [0.29, 0.717) is 17.4 Å². The van der Waals surface area contributed by atoms with Crippen LogP contribution in [0.3, 0.4) is 0 Å². The van der Waals surface area contributed by atoms with Crippen LogP contribution in [0.2, 0.25) is 0 Å². The van der Waals surface area contributed by atoms with Gasteiger partial charge in [0.05, 0.1) is 16.8 Å². The molecule has 0 atom stereocenters. The maximum absolute atomic E-state index is 12.5. The highest BCUT2D eigenvalue weighted by molar-refractivity contribution is 7.99. The van der Waals surface area contributed by atoms with E-state index in [4.69, 9.17) is 0 Å². The molecule has 9 heteroatoms. The Morgan fingerprint density at radius 1 is 1.10 bits per heavy atom. The van der Waals surface area contributed by atoms with Crippen LogP contribution in [-0.4, -0.2) is 35.6 Å². The summed E-state index contributed by atoms with van der Waals surface area (Å²) >= 11 is 1.31. The normalized spacial score (nSPS) is 11.0. The molecule has 0 aliphatic heterocycles. The second kappa shape index (κ2) is 8.65. The molecule has 0 bridgehead atoms. The Labute approximate surface area is 183 Å². The summed E-state index contributed by atoms with van der Waals surface area (Å²) in [7, 11) is 3.44. The molecule has 0 spiro atoms. The number of carbonyl (C=O) groups is 1. The van der Waals surface area contributed by atoms with Gasteiger partial charge >= 0.3 is 5.69 Å². The maximum atomic E-state index is 12.5. The minimum atomic E-state index is -0.167. The number of anilines is 1. The molecule has 0 saturated heterocycles. The zero-order valence-electron chi connectivity index (χ0n) is 17.3. The first-order valence-corrected chi connectivity index (χ1v) is 10.7. The highest BCUT2D eigenvalue weighted by Crippen LogP contribution is 2.24. The van der Waals surface area contributed by atoms with Crippen molar-refractivity contribution in [1.29, 1.82) is 0 Å². The fraction of sp³-hybridized carbons (Fsp3) is 0.182. The summed E-state index contributed by atoms with van der Waals surface area (Å²) < 4.78 is 5.07. The number of allylic oxidation sites excluding steroid dienone is 1. The summed E-state index contributed by atoms with van der Waals surface area (Å²) in [5, 5.41) is 12.1. The van der Waals surface area contributed by atoms with Crippen molar-refractivity contribution in [1.82, 2.24) is 23.9 Å². The SMILES string of the molecule is C=CCn1c(SCC(=O)Nc2ccc3c(c2)n(C)c(=O)n3C)nnc1-c1ccccc1. The number of carbonyl (C=O) groups excluding carboxylic acids is 1. The average molecular weight is 435 g/mol. The number of hydrogen-bond donors (Lipinski definition) is 1. The van der Waals surface area contributed by atoms with E-state index >= 15 is 0 Å². The zero-order chi connectivity index (χ0) is 22.0. The molecule has 0 aliphatic carbocycles. The molecule has 2 aromatic carbocycles. The van der Waals surface area contributed by atoms with Gasteiger partial charge in [-0.25, -0.2) is 4.79 Å². The lowest BCUT2D eigenvalue weighted by molar-refractivity contribution is -0.113. The molecule has 0 unspecified atom stereocenters. The van der Waals surface area contributed by atoms with Crippen LogP contribution < -0.4 is 11.0 Å². The van der Waals surface area contributed by atoms with Gasteiger partial charge in [0.15, 0.2) is 11.0 Å². The maximum Gasteiger partial charge on any atom is 0.328 e. The fourth-order valence-electron chi connectivity index (χ4n) is 3.40. The minimum absolute atomic E-state index is 0.107. The van der Waals surface area contributed by atoms with Crippen LogP contribution in [0.5, 0.6) is 0 Å². The number of nitrogens with one attached hydrogen (secondary N) is 1. The Kier molecular flexibility index (Phi) is 5.77. The minimum Gasteiger partial charge on any atom is -0.325 e. The van der Waals surface area contributed by atoms with Crippen LogP contribution in [0.25, 0.3) is 22.4 Å². The Hall–Kier alpha value is -3.59. The van der Waals surface area contributed by atoms with Crippen molar-refractivity contribution in [2.24, 2.45) is 14.1 Å². The first-order valence-electron chi connectivity index (χ1n) is 9.67. The van der Waals surface area contributed by atoms with Crippen molar-refractivity contribution in [3.8, 4) is 11.4 Å². The van der Waals surface area contributed by atoms with E-state index in [0.717, 1.165) is 22.4 Å². The fourth-order valence-corrected chi connectivity index (χ4v) is 4.15. The van der Waals surface area contributed by atoms with E-state index < -0.39 is 0 Å². The number of hydrogen-bond acceptors (Lipinski definition) is 5. The van der Waals surface area contributed by atoms with Crippen molar-refractivity contribution in [3.63, 3.8) is 0 Å². The predicted molar refractivity (Wildman–Crippen MR) is 123 cm³/mol. The second-order valence-corrected chi connectivity index (χ2v) is 7.95. The number of imidazole rings is 1. The van der Waals surface area contributed by atoms with Crippen LogP contribution in [-0.2, 0) is 25.4 Å². The summed E-state index contributed by atoms with van der Waals surface area (Å²) in [6.45, 7) is 4.35. The van der Waals surface area contributed by atoms with Crippen molar-refractivity contribution >= 4 is 34.4 Å². The molecule has 0 radical (unpaired) electrons. The van der Waals surface area contributed by atoms with Crippen molar-refractivity contribution in [2.75, 3.05) is 11.1 Å². The molecule has 158 valence electrons. The molecular formula is C22H22N6O2S. The predicted octanol–water partition coefficient (Wildman–Crippen LogP) is 3.05. The summed E-state index contributed by atoms with van der Waals surface area (Å²) in [5.41, 5.74) is 3.05. The molecule has 1 amide bonds. The molecule has 1 N–H and O–H groups in total.